The predicted molar refractivity (Wildman–Crippen MR) is 106 cm³/mol. The van der Waals surface area contributed by atoms with Crippen LogP contribution in [0.3, 0.4) is 0 Å². The van der Waals surface area contributed by atoms with E-state index >= 15 is 0 Å². The van der Waals surface area contributed by atoms with Gasteiger partial charge in [0.05, 0.1) is 23.8 Å². The van der Waals surface area contributed by atoms with Crippen molar-refractivity contribution in [3.05, 3.63) is 51.3 Å². The molecule has 1 aromatic carbocycles. The maximum Gasteiger partial charge on any atom is 0.340 e. The molecule has 8 heteroatoms. The quantitative estimate of drug-likeness (QED) is 0.569. The average Bonchev–Trinajstić information content (AvgIpc) is 2.99. The van der Waals surface area contributed by atoms with Gasteiger partial charge < -0.3 is 19.2 Å². The number of esters is 2. The van der Waals surface area contributed by atoms with Gasteiger partial charge in [-0.3, -0.25) is 9.59 Å². The summed E-state index contributed by atoms with van der Waals surface area (Å²) in [7, 11) is 0. The van der Waals surface area contributed by atoms with Gasteiger partial charge in [0.15, 0.2) is 6.61 Å². The van der Waals surface area contributed by atoms with E-state index in [-0.39, 0.29) is 18.9 Å². The summed E-state index contributed by atoms with van der Waals surface area (Å²) in [5, 5.41) is 0.562. The molecule has 0 fully saturated rings. The first-order valence-corrected chi connectivity index (χ1v) is 9.67. The first kappa shape index (κ1) is 20.9. The summed E-state index contributed by atoms with van der Waals surface area (Å²) in [4.78, 5) is 39.9. The van der Waals surface area contributed by atoms with Crippen LogP contribution in [0, 0.1) is 19.8 Å². The van der Waals surface area contributed by atoms with Gasteiger partial charge in [-0.05, 0) is 56.5 Å². The lowest BCUT2D eigenvalue weighted by molar-refractivity contribution is -0.148. The summed E-state index contributed by atoms with van der Waals surface area (Å²) in [5.41, 5.74) is 2.40. The van der Waals surface area contributed by atoms with Crippen molar-refractivity contribution in [2.45, 2.75) is 27.2 Å². The second-order valence-corrected chi connectivity index (χ2v) is 7.28. The molecule has 1 atom stereocenters. The molecule has 0 spiro atoms. The summed E-state index contributed by atoms with van der Waals surface area (Å²) < 4.78 is 15.8. The van der Waals surface area contributed by atoms with E-state index in [2.05, 4.69) is 4.98 Å². The summed E-state index contributed by atoms with van der Waals surface area (Å²) in [6.45, 7) is 5.03. The largest absolute Gasteiger partial charge is 0.492 e. The molecule has 0 saturated heterocycles. The van der Waals surface area contributed by atoms with E-state index in [0.717, 1.165) is 5.56 Å². The molecule has 0 saturated carbocycles. The van der Waals surface area contributed by atoms with Crippen LogP contribution in [-0.2, 0) is 20.7 Å². The molecular weight excluding hydrogens is 398 g/mol. The lowest BCUT2D eigenvalue weighted by Crippen LogP contribution is -2.31. The van der Waals surface area contributed by atoms with Crippen LogP contribution in [0.4, 0.5) is 0 Å². The lowest BCUT2D eigenvalue weighted by atomic mass is 9.97. The summed E-state index contributed by atoms with van der Waals surface area (Å²) >= 11 is 5.99. The van der Waals surface area contributed by atoms with Crippen LogP contribution in [0.5, 0.6) is 5.75 Å². The molecule has 0 radical (unpaired) electrons. The number of H-pyrrole nitrogens is 1. The molecule has 0 unspecified atom stereocenters. The van der Waals surface area contributed by atoms with Crippen molar-refractivity contribution in [3.8, 4) is 5.75 Å². The zero-order valence-corrected chi connectivity index (χ0v) is 17.2. The minimum absolute atomic E-state index is 0.176. The van der Waals surface area contributed by atoms with Crippen molar-refractivity contribution in [3.63, 3.8) is 0 Å². The first-order valence-electron chi connectivity index (χ1n) is 9.29. The van der Waals surface area contributed by atoms with Crippen molar-refractivity contribution >= 4 is 29.3 Å². The fourth-order valence-corrected chi connectivity index (χ4v) is 3.57. The number of ether oxygens (including phenoxy) is 3. The number of fused-ring (bicyclic) bond motifs is 1. The average molecular weight is 420 g/mol. The Hall–Kier alpha value is -2.80. The molecule has 0 bridgehead atoms. The van der Waals surface area contributed by atoms with Crippen LogP contribution in [0.15, 0.2) is 18.2 Å². The maximum atomic E-state index is 12.5. The predicted octanol–water partition coefficient (Wildman–Crippen LogP) is 3.44. The highest BCUT2D eigenvalue weighted by atomic mass is 35.5. The van der Waals surface area contributed by atoms with E-state index in [1.807, 2.05) is 0 Å². The zero-order chi connectivity index (χ0) is 21.1. The summed E-state index contributed by atoms with van der Waals surface area (Å²) in [5.74, 6) is -1.26. The second-order valence-electron chi connectivity index (χ2n) is 6.84. The third kappa shape index (κ3) is 4.45. The van der Waals surface area contributed by atoms with Crippen LogP contribution in [0.25, 0.3) is 0 Å². The number of ketones is 1. The SMILES string of the molecule is CCOC(=O)c1c(C)[nH]c(C(=O)COC(=O)[C@@H]2COc3ccc(Cl)cc3C2)c1C. The van der Waals surface area contributed by atoms with Crippen LogP contribution in [-0.4, -0.2) is 42.5 Å². The third-order valence-corrected chi connectivity index (χ3v) is 5.04. The molecule has 1 aromatic heterocycles. The monoisotopic (exact) mass is 419 g/mol. The summed E-state index contributed by atoms with van der Waals surface area (Å²) in [6, 6.07) is 5.24. The number of nitrogens with one attached hydrogen (secondary N) is 1. The van der Waals surface area contributed by atoms with Crippen molar-refractivity contribution < 1.29 is 28.6 Å². The molecule has 1 N–H and O–H groups in total. The highest BCUT2D eigenvalue weighted by molar-refractivity contribution is 6.30. The van der Waals surface area contributed by atoms with E-state index in [0.29, 0.717) is 34.0 Å². The number of hydrogen-bond donors (Lipinski definition) is 1. The Bertz CT molecular complexity index is 964. The molecule has 0 aliphatic carbocycles. The van der Waals surface area contributed by atoms with Crippen molar-refractivity contribution in [1.82, 2.24) is 4.98 Å². The van der Waals surface area contributed by atoms with Crippen molar-refractivity contribution in [2.24, 2.45) is 5.92 Å². The lowest BCUT2D eigenvalue weighted by Gasteiger charge is -2.24. The molecule has 7 nitrogen and oxygen atoms in total. The van der Waals surface area contributed by atoms with E-state index in [4.69, 9.17) is 25.8 Å². The number of carbonyl (C=O) groups excluding carboxylic acids is 3. The molecule has 0 amide bonds. The Morgan fingerprint density at radius 2 is 2.00 bits per heavy atom. The van der Waals surface area contributed by atoms with Crippen LogP contribution in [0.2, 0.25) is 5.02 Å². The molecule has 29 heavy (non-hydrogen) atoms. The Labute approximate surface area is 173 Å². The summed E-state index contributed by atoms with van der Waals surface area (Å²) in [6.07, 6.45) is 0.427. The van der Waals surface area contributed by atoms with Crippen LogP contribution < -0.4 is 4.74 Å². The minimum atomic E-state index is -0.518. The molecule has 154 valence electrons. The van der Waals surface area contributed by atoms with E-state index in [1.54, 1.807) is 39.0 Å². The highest BCUT2D eigenvalue weighted by Gasteiger charge is 2.29. The Morgan fingerprint density at radius 3 is 2.72 bits per heavy atom. The van der Waals surface area contributed by atoms with Crippen molar-refractivity contribution in [1.29, 1.82) is 0 Å². The number of hydrogen-bond acceptors (Lipinski definition) is 6. The van der Waals surface area contributed by atoms with Gasteiger partial charge >= 0.3 is 11.9 Å². The number of carbonyl (C=O) groups is 3. The fourth-order valence-electron chi connectivity index (χ4n) is 3.38. The Morgan fingerprint density at radius 1 is 1.24 bits per heavy atom. The zero-order valence-electron chi connectivity index (χ0n) is 16.5. The number of Topliss-reactive ketones (excluding diaryl/α,β-unsaturated/α-hetero) is 1. The Balaban J connectivity index is 1.63. The molecule has 2 aromatic rings. The highest BCUT2D eigenvalue weighted by Crippen LogP contribution is 2.30. The Kier molecular flexibility index (Phi) is 6.27. The van der Waals surface area contributed by atoms with Gasteiger partial charge in [-0.15, -0.1) is 0 Å². The van der Waals surface area contributed by atoms with Gasteiger partial charge in [-0.25, -0.2) is 4.79 Å². The number of aromatic nitrogens is 1. The maximum absolute atomic E-state index is 12.5. The van der Waals surface area contributed by atoms with E-state index < -0.39 is 30.2 Å². The van der Waals surface area contributed by atoms with Gasteiger partial charge in [0, 0.05) is 10.7 Å². The van der Waals surface area contributed by atoms with E-state index in [9.17, 15) is 14.4 Å². The normalized spacial score (nSPS) is 15.2. The molecular formula is C21H22ClNO6. The molecule has 2 heterocycles. The number of halogens is 1. The van der Waals surface area contributed by atoms with Gasteiger partial charge in [0.25, 0.3) is 0 Å². The third-order valence-electron chi connectivity index (χ3n) is 4.80. The number of aromatic amines is 1. The van der Waals surface area contributed by atoms with Gasteiger partial charge in [-0.2, -0.15) is 0 Å². The first-order chi connectivity index (χ1) is 13.8. The molecule has 1 aliphatic rings. The van der Waals surface area contributed by atoms with Gasteiger partial charge in [-0.1, -0.05) is 11.6 Å². The van der Waals surface area contributed by atoms with Gasteiger partial charge in [0.1, 0.15) is 12.4 Å². The second kappa shape index (κ2) is 8.69. The molecule has 1 aliphatic heterocycles. The van der Waals surface area contributed by atoms with Crippen molar-refractivity contribution in [2.75, 3.05) is 19.8 Å². The minimum Gasteiger partial charge on any atom is -0.492 e. The number of rotatable bonds is 6. The van der Waals surface area contributed by atoms with Crippen LogP contribution >= 0.6 is 11.6 Å². The topological polar surface area (TPSA) is 94.7 Å². The number of aryl methyl sites for hydroxylation is 1. The van der Waals surface area contributed by atoms with E-state index in [1.165, 1.54) is 0 Å². The standard InChI is InChI=1S/C21H22ClNO6/c1-4-27-21(26)18-11(2)19(23-12(18)3)16(24)10-29-20(25)14-7-13-8-15(22)5-6-17(13)28-9-14/h5-6,8,14,23H,4,7,9-10H2,1-3H3/t14-/m0/s1. The number of benzene rings is 1. The van der Waals surface area contributed by atoms with Gasteiger partial charge in [0.2, 0.25) is 5.78 Å². The fraction of sp³-hybridized carbons (Fsp3) is 0.381. The smallest absolute Gasteiger partial charge is 0.340 e. The van der Waals surface area contributed by atoms with Crippen LogP contribution in [0.1, 0.15) is 44.6 Å². The molecule has 3 rings (SSSR count).